The summed E-state index contributed by atoms with van der Waals surface area (Å²) in [5, 5.41) is 29.5. The topological polar surface area (TPSA) is 84.6 Å². The van der Waals surface area contributed by atoms with Crippen molar-refractivity contribution in [3.8, 4) is 6.07 Å². The van der Waals surface area contributed by atoms with Crippen LogP contribution in [-0.2, 0) is 4.79 Å². The minimum Gasteiger partial charge on any atom is -0.390 e. The summed E-state index contributed by atoms with van der Waals surface area (Å²) >= 11 is 5.99. The zero-order valence-corrected chi connectivity index (χ0v) is 12.8. The molecule has 0 spiro atoms. The maximum Gasteiger partial charge on any atom is 0.236 e. The van der Waals surface area contributed by atoms with E-state index in [1.54, 1.807) is 13.0 Å². The lowest BCUT2D eigenvalue weighted by Crippen LogP contribution is -2.42. The molecule has 0 aliphatic carbocycles. The molecular formula is C15H17ClN2O3. The summed E-state index contributed by atoms with van der Waals surface area (Å²) in [6.45, 7) is 4.71. The smallest absolute Gasteiger partial charge is 0.236 e. The molecule has 1 heterocycles. The molecule has 0 aromatic heterocycles. The van der Waals surface area contributed by atoms with E-state index >= 15 is 0 Å². The van der Waals surface area contributed by atoms with Crippen molar-refractivity contribution >= 4 is 23.2 Å². The minimum atomic E-state index is -1.32. The van der Waals surface area contributed by atoms with E-state index in [0.29, 0.717) is 11.3 Å². The summed E-state index contributed by atoms with van der Waals surface area (Å²) in [6, 6.07) is 6.12. The largest absolute Gasteiger partial charge is 0.390 e. The Balaban J connectivity index is 2.43. The van der Waals surface area contributed by atoms with E-state index in [2.05, 4.69) is 0 Å². The molecular weight excluding hydrogens is 292 g/mol. The van der Waals surface area contributed by atoms with Gasteiger partial charge in [-0.2, -0.15) is 5.26 Å². The molecule has 112 valence electrons. The Bertz CT molecular complexity index is 618. The van der Waals surface area contributed by atoms with E-state index in [9.17, 15) is 15.0 Å². The summed E-state index contributed by atoms with van der Waals surface area (Å²) in [4.78, 5) is 14.0. The fourth-order valence-electron chi connectivity index (χ4n) is 2.75. The van der Waals surface area contributed by atoms with Crippen molar-refractivity contribution in [1.82, 2.24) is 0 Å². The van der Waals surface area contributed by atoms with Gasteiger partial charge in [0.15, 0.2) is 0 Å². The lowest BCUT2D eigenvalue weighted by molar-refractivity contribution is -0.130. The monoisotopic (exact) mass is 308 g/mol. The highest BCUT2D eigenvalue weighted by molar-refractivity contribution is 6.32. The number of anilines is 1. The Morgan fingerprint density at radius 3 is 2.48 bits per heavy atom. The molecule has 5 nitrogen and oxygen atoms in total. The van der Waals surface area contributed by atoms with Gasteiger partial charge in [-0.3, -0.25) is 4.79 Å². The second-order valence-corrected chi connectivity index (χ2v) is 6.25. The first-order chi connectivity index (χ1) is 9.68. The van der Waals surface area contributed by atoms with Crippen LogP contribution in [0.3, 0.4) is 0 Å². The maximum absolute atomic E-state index is 12.5. The fourth-order valence-corrected chi connectivity index (χ4v) is 2.97. The van der Waals surface area contributed by atoms with Gasteiger partial charge < -0.3 is 15.1 Å². The van der Waals surface area contributed by atoms with Crippen LogP contribution in [-0.4, -0.2) is 33.9 Å². The summed E-state index contributed by atoms with van der Waals surface area (Å²) in [7, 11) is 0. The second-order valence-electron chi connectivity index (χ2n) is 5.85. The molecule has 1 aliphatic heterocycles. The summed E-state index contributed by atoms with van der Waals surface area (Å²) in [5.41, 5.74) is -0.503. The lowest BCUT2D eigenvalue weighted by Gasteiger charge is -2.26. The van der Waals surface area contributed by atoms with Crippen molar-refractivity contribution in [3.63, 3.8) is 0 Å². The van der Waals surface area contributed by atoms with Crippen molar-refractivity contribution in [2.24, 2.45) is 5.92 Å². The van der Waals surface area contributed by atoms with E-state index in [0.717, 1.165) is 0 Å². The number of nitriles is 1. The normalized spacial score (nSPS) is 26.0. The van der Waals surface area contributed by atoms with E-state index < -0.39 is 23.7 Å². The summed E-state index contributed by atoms with van der Waals surface area (Å²) in [5.74, 6) is -1.26. The number of carbonyl (C=O) groups is 1. The molecule has 6 heteroatoms. The predicted octanol–water partition coefficient (Wildman–Crippen LogP) is 1.69. The van der Waals surface area contributed by atoms with Gasteiger partial charge in [-0.25, -0.2) is 0 Å². The number of halogens is 1. The molecule has 1 aromatic carbocycles. The molecule has 1 aromatic rings. The van der Waals surface area contributed by atoms with Gasteiger partial charge in [0.2, 0.25) is 5.91 Å². The van der Waals surface area contributed by atoms with Crippen LogP contribution in [0.5, 0.6) is 0 Å². The highest BCUT2D eigenvalue weighted by Crippen LogP contribution is 2.37. The van der Waals surface area contributed by atoms with Crippen LogP contribution in [0.1, 0.15) is 26.3 Å². The van der Waals surface area contributed by atoms with Gasteiger partial charge in [0.05, 0.1) is 34.3 Å². The first-order valence-corrected chi connectivity index (χ1v) is 6.99. The van der Waals surface area contributed by atoms with E-state index in [1.807, 2.05) is 6.07 Å². The number of carbonyl (C=O) groups excluding carboxylic acids is 1. The van der Waals surface area contributed by atoms with Crippen molar-refractivity contribution in [3.05, 3.63) is 28.8 Å². The van der Waals surface area contributed by atoms with Gasteiger partial charge in [-0.1, -0.05) is 11.6 Å². The van der Waals surface area contributed by atoms with Crippen LogP contribution in [0.2, 0.25) is 5.02 Å². The quantitative estimate of drug-likeness (QED) is 0.871. The van der Waals surface area contributed by atoms with Gasteiger partial charge in [-0.15, -0.1) is 0 Å². The summed E-state index contributed by atoms with van der Waals surface area (Å²) < 4.78 is 0. The van der Waals surface area contributed by atoms with E-state index in [4.69, 9.17) is 16.9 Å². The molecule has 1 aliphatic rings. The van der Waals surface area contributed by atoms with E-state index in [-0.39, 0.29) is 10.9 Å². The predicted molar refractivity (Wildman–Crippen MR) is 78.9 cm³/mol. The number of aliphatic hydroxyl groups excluding tert-OH is 1. The van der Waals surface area contributed by atoms with Crippen LogP contribution >= 0.6 is 11.6 Å². The molecule has 0 radical (unpaired) electrons. The molecule has 0 saturated carbocycles. The SMILES string of the molecule is CC1C(O)C(C(C)(C)O)C(=O)N1c1ccc(C#N)c(Cl)c1. The Labute approximate surface area is 128 Å². The van der Waals surface area contributed by atoms with Gasteiger partial charge in [0.1, 0.15) is 6.07 Å². The average molecular weight is 309 g/mol. The maximum atomic E-state index is 12.5. The Hall–Kier alpha value is -1.61. The first kappa shape index (κ1) is 15.8. The Morgan fingerprint density at radius 1 is 1.43 bits per heavy atom. The molecule has 2 rings (SSSR count). The first-order valence-electron chi connectivity index (χ1n) is 6.61. The standard InChI is InChI=1S/C15H17ClN2O3/c1-8-13(19)12(15(2,3)21)14(20)18(8)10-5-4-9(7-17)11(16)6-10/h4-6,8,12-13,19,21H,1-3H3. The van der Waals surface area contributed by atoms with Crippen LogP contribution in [0.4, 0.5) is 5.69 Å². The second kappa shape index (κ2) is 5.30. The van der Waals surface area contributed by atoms with Gasteiger partial charge >= 0.3 is 0 Å². The molecule has 21 heavy (non-hydrogen) atoms. The van der Waals surface area contributed by atoms with Crippen molar-refractivity contribution < 1.29 is 15.0 Å². The van der Waals surface area contributed by atoms with Crippen LogP contribution in [0.25, 0.3) is 0 Å². The lowest BCUT2D eigenvalue weighted by atomic mass is 9.86. The number of hydrogen-bond donors (Lipinski definition) is 2. The molecule has 3 unspecified atom stereocenters. The van der Waals surface area contributed by atoms with Crippen LogP contribution in [0.15, 0.2) is 18.2 Å². The molecule has 1 amide bonds. The molecule has 1 fully saturated rings. The highest BCUT2D eigenvalue weighted by Gasteiger charge is 2.52. The Kier molecular flexibility index (Phi) is 3.98. The number of hydrogen-bond acceptors (Lipinski definition) is 4. The Morgan fingerprint density at radius 2 is 2.05 bits per heavy atom. The number of aliphatic hydroxyl groups is 2. The zero-order chi connectivity index (χ0) is 15.9. The summed E-state index contributed by atoms with van der Waals surface area (Å²) in [6.07, 6.45) is -0.980. The van der Waals surface area contributed by atoms with Gasteiger partial charge in [0, 0.05) is 5.69 Å². The fraction of sp³-hybridized carbons (Fsp3) is 0.467. The number of benzene rings is 1. The third-order valence-corrected chi connectivity index (χ3v) is 4.17. The third kappa shape index (κ3) is 2.62. The molecule has 3 atom stereocenters. The third-order valence-electron chi connectivity index (χ3n) is 3.86. The van der Waals surface area contributed by atoms with E-state index in [1.165, 1.54) is 30.9 Å². The van der Waals surface area contributed by atoms with Crippen molar-refractivity contribution in [2.75, 3.05) is 4.90 Å². The molecule has 1 saturated heterocycles. The van der Waals surface area contributed by atoms with Crippen LogP contribution < -0.4 is 4.90 Å². The van der Waals surface area contributed by atoms with Crippen molar-refractivity contribution in [1.29, 1.82) is 5.26 Å². The molecule has 2 N–H and O–H groups in total. The molecule has 0 bridgehead atoms. The van der Waals surface area contributed by atoms with Gasteiger partial charge in [-0.05, 0) is 39.0 Å². The number of amides is 1. The highest BCUT2D eigenvalue weighted by atomic mass is 35.5. The zero-order valence-electron chi connectivity index (χ0n) is 12.0. The van der Waals surface area contributed by atoms with Crippen LogP contribution in [0, 0.1) is 17.2 Å². The number of rotatable bonds is 2. The van der Waals surface area contributed by atoms with Crippen molar-refractivity contribution in [2.45, 2.75) is 38.5 Å². The number of nitrogens with zero attached hydrogens (tertiary/aromatic N) is 2. The average Bonchev–Trinajstić information content (AvgIpc) is 2.59. The van der Waals surface area contributed by atoms with Gasteiger partial charge in [0.25, 0.3) is 0 Å². The minimum absolute atomic E-state index is 0.246.